The fourth-order valence-corrected chi connectivity index (χ4v) is 3.44. The van der Waals surface area contributed by atoms with E-state index < -0.39 is 17.1 Å². The number of nitrogens with zero attached hydrogens (tertiary/aromatic N) is 3. The van der Waals surface area contributed by atoms with E-state index in [2.05, 4.69) is 9.97 Å². The summed E-state index contributed by atoms with van der Waals surface area (Å²) in [6.45, 7) is 4.01. The second kappa shape index (κ2) is 4.14. The fraction of sp³-hybridized carbons (Fsp3) is 0.643. The molecule has 1 saturated carbocycles. The van der Waals surface area contributed by atoms with Gasteiger partial charge in [0.25, 0.3) is 0 Å². The van der Waals surface area contributed by atoms with Crippen LogP contribution < -0.4 is 4.90 Å². The second-order valence-corrected chi connectivity index (χ2v) is 6.00. The van der Waals surface area contributed by atoms with Crippen LogP contribution in [0.2, 0.25) is 0 Å². The van der Waals surface area contributed by atoms with Gasteiger partial charge in [0, 0.05) is 18.4 Å². The van der Waals surface area contributed by atoms with E-state index in [9.17, 15) is 9.90 Å². The van der Waals surface area contributed by atoms with Gasteiger partial charge in [-0.1, -0.05) is 0 Å². The van der Waals surface area contributed by atoms with E-state index in [0.717, 1.165) is 11.3 Å². The van der Waals surface area contributed by atoms with Gasteiger partial charge < -0.3 is 10.0 Å². The number of carboxylic acids is 1. The van der Waals surface area contributed by atoms with Gasteiger partial charge in [-0.15, -0.1) is 0 Å². The number of halogens is 1. The molecule has 1 aromatic heterocycles. The highest BCUT2D eigenvalue weighted by atomic mass is 19.1. The molecule has 2 fully saturated rings. The Kier molecular flexibility index (Phi) is 2.74. The van der Waals surface area contributed by atoms with E-state index in [1.54, 1.807) is 11.1 Å². The zero-order chi connectivity index (χ0) is 14.5. The third kappa shape index (κ3) is 1.63. The van der Waals surface area contributed by atoms with E-state index >= 15 is 4.39 Å². The van der Waals surface area contributed by atoms with Crippen LogP contribution in [0.15, 0.2) is 6.20 Å². The molecule has 1 aromatic rings. The minimum Gasteiger partial charge on any atom is -0.481 e. The van der Waals surface area contributed by atoms with Crippen LogP contribution in [0.5, 0.6) is 0 Å². The Morgan fingerprint density at radius 3 is 2.75 bits per heavy atom. The van der Waals surface area contributed by atoms with E-state index in [-0.39, 0.29) is 13.1 Å². The van der Waals surface area contributed by atoms with Gasteiger partial charge in [0.1, 0.15) is 11.1 Å². The topological polar surface area (TPSA) is 66.3 Å². The second-order valence-electron chi connectivity index (χ2n) is 6.00. The molecule has 108 valence electrons. The first kappa shape index (κ1) is 13.3. The molecule has 3 rings (SSSR count). The van der Waals surface area contributed by atoms with Crippen molar-refractivity contribution in [1.82, 2.24) is 9.97 Å². The largest absolute Gasteiger partial charge is 0.481 e. The Balaban J connectivity index is 1.96. The number of hydrogen-bond donors (Lipinski definition) is 1. The van der Waals surface area contributed by atoms with Crippen LogP contribution in [0.25, 0.3) is 0 Å². The van der Waals surface area contributed by atoms with Crippen LogP contribution >= 0.6 is 0 Å². The summed E-state index contributed by atoms with van der Waals surface area (Å²) in [7, 11) is 0. The van der Waals surface area contributed by atoms with Crippen molar-refractivity contribution in [2.75, 3.05) is 18.0 Å². The van der Waals surface area contributed by atoms with Crippen molar-refractivity contribution in [3.8, 4) is 0 Å². The number of aliphatic carboxylic acids is 1. The van der Waals surface area contributed by atoms with Crippen LogP contribution in [0.1, 0.15) is 30.5 Å². The summed E-state index contributed by atoms with van der Waals surface area (Å²) in [6, 6.07) is 0. The predicted octanol–water partition coefficient (Wildman–Crippen LogP) is 1.88. The van der Waals surface area contributed by atoms with Gasteiger partial charge in [0.05, 0.1) is 6.54 Å². The molecule has 1 saturated heterocycles. The molecule has 0 radical (unpaired) electrons. The Hall–Kier alpha value is -1.72. The van der Waals surface area contributed by atoms with E-state index in [1.165, 1.54) is 0 Å². The first-order valence-corrected chi connectivity index (χ1v) is 6.85. The van der Waals surface area contributed by atoms with Gasteiger partial charge in [-0.3, -0.25) is 4.79 Å². The number of anilines is 1. The Morgan fingerprint density at radius 2 is 2.15 bits per heavy atom. The zero-order valence-corrected chi connectivity index (χ0v) is 11.7. The highest BCUT2D eigenvalue weighted by Gasteiger charge is 2.66. The number of aryl methyl sites for hydroxylation is 2. The number of fused-ring (bicyclic) bond motifs is 1. The molecular formula is C14H18FN3O2. The maximum absolute atomic E-state index is 15.0. The molecule has 1 N–H and O–H groups in total. The molecule has 6 heteroatoms. The van der Waals surface area contributed by atoms with Crippen LogP contribution in [0.4, 0.5) is 10.3 Å². The highest BCUT2D eigenvalue weighted by Crippen LogP contribution is 2.54. The molecule has 2 atom stereocenters. The molecule has 1 aliphatic heterocycles. The van der Waals surface area contributed by atoms with Crippen molar-refractivity contribution >= 4 is 11.9 Å². The number of hydrogen-bond acceptors (Lipinski definition) is 4. The smallest absolute Gasteiger partial charge is 0.314 e. The summed E-state index contributed by atoms with van der Waals surface area (Å²) in [4.78, 5) is 21.9. The Morgan fingerprint density at radius 1 is 1.40 bits per heavy atom. The predicted molar refractivity (Wildman–Crippen MR) is 71.5 cm³/mol. The number of rotatable bonds is 2. The molecule has 2 heterocycles. The Labute approximate surface area is 116 Å². The average molecular weight is 279 g/mol. The van der Waals surface area contributed by atoms with E-state index in [0.29, 0.717) is 25.2 Å². The quantitative estimate of drug-likeness (QED) is 0.895. The summed E-state index contributed by atoms with van der Waals surface area (Å²) in [5.74, 6) is -0.607. The van der Waals surface area contributed by atoms with Gasteiger partial charge in [0.2, 0.25) is 5.95 Å². The molecule has 2 aliphatic rings. The molecule has 0 amide bonds. The molecule has 20 heavy (non-hydrogen) atoms. The first-order valence-electron chi connectivity index (χ1n) is 6.85. The number of aromatic nitrogens is 2. The van der Waals surface area contributed by atoms with E-state index in [1.807, 2.05) is 13.8 Å². The normalized spacial score (nSPS) is 32.5. The summed E-state index contributed by atoms with van der Waals surface area (Å²) in [6.07, 6.45) is 3.02. The lowest BCUT2D eigenvalue weighted by Crippen LogP contribution is -2.45. The number of carboxylic acid groups (broad SMARTS) is 1. The summed E-state index contributed by atoms with van der Waals surface area (Å²) >= 11 is 0. The Bertz CT molecular complexity index is 580. The van der Waals surface area contributed by atoms with Crippen molar-refractivity contribution in [3.05, 3.63) is 17.5 Å². The van der Waals surface area contributed by atoms with Crippen LogP contribution in [-0.2, 0) is 4.79 Å². The fourth-order valence-electron chi connectivity index (χ4n) is 3.44. The molecule has 0 unspecified atom stereocenters. The minimum absolute atomic E-state index is 0.0712. The minimum atomic E-state index is -1.67. The standard InChI is InChI=1S/C14H18FN3O2/c1-9-6-16-12(17-10(9)2)18-7-13(11(19)20)4-3-5-14(13,15)8-18/h6H,3-5,7-8H2,1-2H3,(H,19,20)/t13-,14-/m0/s1. The molecule has 0 bridgehead atoms. The molecular weight excluding hydrogens is 261 g/mol. The molecule has 0 aromatic carbocycles. The van der Waals surface area contributed by atoms with Crippen molar-refractivity contribution in [2.24, 2.45) is 5.41 Å². The lowest BCUT2D eigenvalue weighted by molar-refractivity contribution is -0.153. The van der Waals surface area contributed by atoms with Crippen LogP contribution in [0.3, 0.4) is 0 Å². The molecule has 1 aliphatic carbocycles. The van der Waals surface area contributed by atoms with Gasteiger partial charge in [0.15, 0.2) is 0 Å². The van der Waals surface area contributed by atoms with Crippen LogP contribution in [-0.4, -0.2) is 39.8 Å². The van der Waals surface area contributed by atoms with Gasteiger partial charge >= 0.3 is 5.97 Å². The zero-order valence-electron chi connectivity index (χ0n) is 11.7. The van der Waals surface area contributed by atoms with Crippen molar-refractivity contribution in [3.63, 3.8) is 0 Å². The van der Waals surface area contributed by atoms with Crippen LogP contribution in [0, 0.1) is 19.3 Å². The average Bonchev–Trinajstić information content (AvgIpc) is 2.83. The SMILES string of the molecule is Cc1cnc(N2C[C@@]3(F)CCC[C@@]3(C(=O)O)C2)nc1C. The van der Waals surface area contributed by atoms with Gasteiger partial charge in [-0.05, 0) is 38.7 Å². The highest BCUT2D eigenvalue weighted by molar-refractivity contribution is 5.79. The number of carbonyl (C=O) groups is 1. The summed E-state index contributed by atoms with van der Waals surface area (Å²) < 4.78 is 15.0. The van der Waals surface area contributed by atoms with Gasteiger partial charge in [-0.25, -0.2) is 14.4 Å². The number of alkyl halides is 1. The maximum atomic E-state index is 15.0. The van der Waals surface area contributed by atoms with E-state index in [4.69, 9.17) is 0 Å². The van der Waals surface area contributed by atoms with Crippen molar-refractivity contribution in [1.29, 1.82) is 0 Å². The monoisotopic (exact) mass is 279 g/mol. The molecule has 0 spiro atoms. The maximum Gasteiger partial charge on any atom is 0.314 e. The van der Waals surface area contributed by atoms with Crippen molar-refractivity contribution < 1.29 is 14.3 Å². The third-order valence-electron chi connectivity index (χ3n) is 4.84. The summed E-state index contributed by atoms with van der Waals surface area (Å²) in [5, 5.41) is 9.50. The third-order valence-corrected chi connectivity index (χ3v) is 4.84. The molecule has 5 nitrogen and oxygen atoms in total. The lowest BCUT2D eigenvalue weighted by Gasteiger charge is -2.27. The van der Waals surface area contributed by atoms with Gasteiger partial charge in [-0.2, -0.15) is 0 Å². The first-order chi connectivity index (χ1) is 9.38. The summed E-state index contributed by atoms with van der Waals surface area (Å²) in [5.41, 5.74) is -1.16. The lowest BCUT2D eigenvalue weighted by atomic mass is 9.78. The van der Waals surface area contributed by atoms with Crippen molar-refractivity contribution in [2.45, 2.75) is 38.8 Å².